The molecule has 0 spiro atoms. The molecule has 9 heteroatoms. The van der Waals surface area contributed by atoms with Crippen LogP contribution in [0.2, 0.25) is 5.02 Å². The second-order valence-electron chi connectivity index (χ2n) is 7.76. The number of carbonyl (C=O) groups excluding carboxylic acids is 1. The Balaban J connectivity index is 1.46. The summed E-state index contributed by atoms with van der Waals surface area (Å²) in [7, 11) is 1.78. The first-order valence-electron chi connectivity index (χ1n) is 10.6. The SMILES string of the molecule is CN(Cc1cn(-c2ccccc2)nc1-c1ccc(Cl)cc1)C(=O)c1cccc(-n2cnnn2)c1. The van der Waals surface area contributed by atoms with Crippen LogP contribution in [-0.2, 0) is 6.54 Å². The van der Waals surface area contributed by atoms with E-state index in [0.717, 1.165) is 22.5 Å². The molecule has 0 atom stereocenters. The maximum absolute atomic E-state index is 13.3. The highest BCUT2D eigenvalue weighted by Gasteiger charge is 2.18. The molecule has 0 saturated heterocycles. The van der Waals surface area contributed by atoms with E-state index in [-0.39, 0.29) is 5.91 Å². The summed E-state index contributed by atoms with van der Waals surface area (Å²) >= 11 is 6.09. The average molecular weight is 470 g/mol. The molecule has 0 saturated carbocycles. The topological polar surface area (TPSA) is 81.7 Å². The molecule has 3 aromatic carbocycles. The van der Waals surface area contributed by atoms with Crippen molar-refractivity contribution < 1.29 is 4.79 Å². The molecule has 1 amide bonds. The van der Waals surface area contributed by atoms with Crippen LogP contribution in [0.25, 0.3) is 22.6 Å². The lowest BCUT2D eigenvalue weighted by atomic mass is 10.1. The van der Waals surface area contributed by atoms with Crippen molar-refractivity contribution in [1.29, 1.82) is 0 Å². The molecule has 0 aliphatic rings. The van der Waals surface area contributed by atoms with Crippen LogP contribution in [0.15, 0.2) is 91.4 Å². The Labute approximate surface area is 201 Å². The van der Waals surface area contributed by atoms with Gasteiger partial charge < -0.3 is 4.90 Å². The van der Waals surface area contributed by atoms with Gasteiger partial charge in [0.15, 0.2) is 0 Å². The zero-order valence-electron chi connectivity index (χ0n) is 18.3. The molecular weight excluding hydrogens is 450 g/mol. The quantitative estimate of drug-likeness (QED) is 0.367. The molecule has 5 aromatic rings. The van der Waals surface area contributed by atoms with Gasteiger partial charge in [0.2, 0.25) is 0 Å². The molecular formula is C25H20ClN7O. The van der Waals surface area contributed by atoms with E-state index < -0.39 is 0 Å². The second-order valence-corrected chi connectivity index (χ2v) is 8.19. The Kier molecular flexibility index (Phi) is 5.88. The smallest absolute Gasteiger partial charge is 0.253 e. The van der Waals surface area contributed by atoms with Crippen LogP contribution < -0.4 is 0 Å². The summed E-state index contributed by atoms with van der Waals surface area (Å²) in [6.45, 7) is 0.374. The zero-order chi connectivity index (χ0) is 23.5. The molecule has 5 rings (SSSR count). The Bertz CT molecular complexity index is 1410. The van der Waals surface area contributed by atoms with Gasteiger partial charge in [-0.25, -0.2) is 9.36 Å². The molecule has 0 unspecified atom stereocenters. The number of para-hydroxylation sites is 1. The van der Waals surface area contributed by atoms with E-state index in [1.165, 1.54) is 11.0 Å². The maximum Gasteiger partial charge on any atom is 0.253 e. The fourth-order valence-corrected chi connectivity index (χ4v) is 3.82. The lowest BCUT2D eigenvalue weighted by Crippen LogP contribution is -2.26. The third-order valence-electron chi connectivity index (χ3n) is 5.39. The minimum absolute atomic E-state index is 0.121. The first-order chi connectivity index (χ1) is 16.6. The summed E-state index contributed by atoms with van der Waals surface area (Å²) in [5, 5.41) is 16.7. The fraction of sp³-hybridized carbons (Fsp3) is 0.0800. The van der Waals surface area contributed by atoms with Gasteiger partial charge in [-0.1, -0.05) is 48.0 Å². The highest BCUT2D eigenvalue weighted by atomic mass is 35.5. The fourth-order valence-electron chi connectivity index (χ4n) is 3.70. The summed E-state index contributed by atoms with van der Waals surface area (Å²) in [6, 6.07) is 24.6. The third-order valence-corrected chi connectivity index (χ3v) is 5.64. The number of aromatic nitrogens is 6. The number of amides is 1. The van der Waals surface area contributed by atoms with Gasteiger partial charge in [0.25, 0.3) is 5.91 Å². The van der Waals surface area contributed by atoms with Crippen LogP contribution in [0, 0.1) is 0 Å². The van der Waals surface area contributed by atoms with Crippen LogP contribution in [-0.4, -0.2) is 47.8 Å². The number of carbonyl (C=O) groups is 1. The van der Waals surface area contributed by atoms with Gasteiger partial charge in [0, 0.05) is 41.5 Å². The largest absolute Gasteiger partial charge is 0.337 e. The van der Waals surface area contributed by atoms with Gasteiger partial charge in [-0.3, -0.25) is 4.79 Å². The van der Waals surface area contributed by atoms with E-state index in [0.29, 0.717) is 22.8 Å². The maximum atomic E-state index is 13.3. The Morgan fingerprint density at radius 3 is 2.44 bits per heavy atom. The zero-order valence-corrected chi connectivity index (χ0v) is 19.0. The van der Waals surface area contributed by atoms with Gasteiger partial charge in [0.05, 0.1) is 17.1 Å². The van der Waals surface area contributed by atoms with Gasteiger partial charge in [0.1, 0.15) is 6.33 Å². The van der Waals surface area contributed by atoms with E-state index in [2.05, 4.69) is 15.5 Å². The molecule has 2 heterocycles. The summed E-state index contributed by atoms with van der Waals surface area (Å²) in [4.78, 5) is 14.9. The van der Waals surface area contributed by atoms with E-state index >= 15 is 0 Å². The van der Waals surface area contributed by atoms with Crippen molar-refractivity contribution in [1.82, 2.24) is 34.9 Å². The van der Waals surface area contributed by atoms with E-state index in [1.807, 2.05) is 77.6 Å². The normalized spacial score (nSPS) is 10.9. The Hall–Kier alpha value is -4.30. The van der Waals surface area contributed by atoms with E-state index in [1.54, 1.807) is 24.1 Å². The van der Waals surface area contributed by atoms with Crippen molar-refractivity contribution in [3.8, 4) is 22.6 Å². The van der Waals surface area contributed by atoms with Crippen molar-refractivity contribution in [3.05, 3.63) is 108 Å². The number of hydrogen-bond acceptors (Lipinski definition) is 5. The molecule has 2 aromatic heterocycles. The van der Waals surface area contributed by atoms with Crippen molar-refractivity contribution in [2.75, 3.05) is 7.05 Å². The summed E-state index contributed by atoms with van der Waals surface area (Å²) in [5.41, 5.74) is 4.82. The first-order valence-corrected chi connectivity index (χ1v) is 10.9. The van der Waals surface area contributed by atoms with Crippen LogP contribution >= 0.6 is 11.6 Å². The molecule has 0 bridgehead atoms. The summed E-state index contributed by atoms with van der Waals surface area (Å²) in [5.74, 6) is -0.121. The van der Waals surface area contributed by atoms with Crippen LogP contribution in [0.5, 0.6) is 0 Å². The van der Waals surface area contributed by atoms with Gasteiger partial charge in [-0.15, -0.1) is 5.10 Å². The van der Waals surface area contributed by atoms with Crippen molar-refractivity contribution in [2.24, 2.45) is 0 Å². The third kappa shape index (κ3) is 4.44. The Morgan fingerprint density at radius 2 is 1.71 bits per heavy atom. The molecule has 8 nitrogen and oxygen atoms in total. The lowest BCUT2D eigenvalue weighted by molar-refractivity contribution is 0.0785. The first kappa shape index (κ1) is 21.5. The predicted octanol–water partition coefficient (Wildman–Crippen LogP) is 4.44. The Morgan fingerprint density at radius 1 is 0.941 bits per heavy atom. The van der Waals surface area contributed by atoms with Gasteiger partial charge >= 0.3 is 0 Å². The number of benzene rings is 3. The number of halogens is 1. The van der Waals surface area contributed by atoms with Crippen LogP contribution in [0.1, 0.15) is 15.9 Å². The minimum atomic E-state index is -0.121. The molecule has 0 radical (unpaired) electrons. The molecule has 0 fully saturated rings. The highest BCUT2D eigenvalue weighted by Crippen LogP contribution is 2.26. The van der Waals surface area contributed by atoms with Crippen LogP contribution in [0.4, 0.5) is 0 Å². The molecule has 168 valence electrons. The molecule has 0 aliphatic carbocycles. The standard InChI is InChI=1S/C25H20ClN7O/c1-31(25(34)19-6-5-9-23(14-19)33-17-27-29-30-33)15-20-16-32(22-7-3-2-4-8-22)28-24(20)18-10-12-21(26)13-11-18/h2-14,16-17H,15H2,1H3. The van der Waals surface area contributed by atoms with Gasteiger partial charge in [-0.2, -0.15) is 5.10 Å². The number of rotatable bonds is 6. The molecule has 34 heavy (non-hydrogen) atoms. The van der Waals surface area contributed by atoms with Crippen molar-refractivity contribution >= 4 is 17.5 Å². The number of nitrogens with zero attached hydrogens (tertiary/aromatic N) is 7. The highest BCUT2D eigenvalue weighted by molar-refractivity contribution is 6.30. The minimum Gasteiger partial charge on any atom is -0.337 e. The average Bonchev–Trinajstić information content (AvgIpc) is 3.56. The predicted molar refractivity (Wildman–Crippen MR) is 129 cm³/mol. The monoisotopic (exact) mass is 469 g/mol. The van der Waals surface area contributed by atoms with Crippen molar-refractivity contribution in [2.45, 2.75) is 6.54 Å². The van der Waals surface area contributed by atoms with Gasteiger partial charge in [-0.05, 0) is 52.9 Å². The lowest BCUT2D eigenvalue weighted by Gasteiger charge is -2.17. The summed E-state index contributed by atoms with van der Waals surface area (Å²) in [6.07, 6.45) is 3.45. The van der Waals surface area contributed by atoms with Crippen molar-refractivity contribution in [3.63, 3.8) is 0 Å². The van der Waals surface area contributed by atoms with E-state index in [4.69, 9.17) is 16.7 Å². The van der Waals surface area contributed by atoms with E-state index in [9.17, 15) is 4.79 Å². The second kappa shape index (κ2) is 9.29. The van der Waals surface area contributed by atoms with Crippen LogP contribution in [0.3, 0.4) is 0 Å². The molecule has 0 N–H and O–H groups in total. The number of tetrazole rings is 1. The molecule has 0 aliphatic heterocycles. The number of hydrogen-bond donors (Lipinski definition) is 0. The summed E-state index contributed by atoms with van der Waals surface area (Å²) < 4.78 is 3.34.